The van der Waals surface area contributed by atoms with Crippen molar-refractivity contribution in [3.05, 3.63) is 29.6 Å². The molecule has 0 spiro atoms. The maximum Gasteiger partial charge on any atom is 0.322 e. The van der Waals surface area contributed by atoms with Gasteiger partial charge in [-0.3, -0.25) is 0 Å². The van der Waals surface area contributed by atoms with Gasteiger partial charge in [-0.2, -0.15) is 0 Å². The molecule has 0 aromatic heterocycles. The number of urea groups is 1. The van der Waals surface area contributed by atoms with Crippen molar-refractivity contribution in [3.63, 3.8) is 0 Å². The summed E-state index contributed by atoms with van der Waals surface area (Å²) in [6.45, 7) is 4.88. The van der Waals surface area contributed by atoms with Crippen molar-refractivity contribution < 1.29 is 23.1 Å². The summed E-state index contributed by atoms with van der Waals surface area (Å²) in [4.78, 5) is 13.2. The Balaban J connectivity index is 2.94. The van der Waals surface area contributed by atoms with Crippen molar-refractivity contribution in [2.24, 2.45) is 0 Å². The van der Waals surface area contributed by atoms with Gasteiger partial charge in [-0.05, 0) is 20.8 Å². The number of aliphatic hydroxyl groups excluding tert-OH is 1. The van der Waals surface area contributed by atoms with Gasteiger partial charge in [0.15, 0.2) is 11.6 Å². The Hall–Kier alpha value is -1.76. The van der Waals surface area contributed by atoms with E-state index < -0.39 is 35.3 Å². The fourth-order valence-corrected chi connectivity index (χ4v) is 1.65. The molecule has 4 nitrogen and oxygen atoms in total. The highest BCUT2D eigenvalue weighted by Gasteiger charge is 2.21. The van der Waals surface area contributed by atoms with Crippen LogP contribution in [-0.2, 0) is 0 Å². The molecule has 20 heavy (non-hydrogen) atoms. The first-order valence-corrected chi connectivity index (χ1v) is 6.12. The number of hydrogen-bond acceptors (Lipinski definition) is 2. The van der Waals surface area contributed by atoms with E-state index in [0.29, 0.717) is 12.1 Å². The molecule has 0 radical (unpaired) electrons. The normalized spacial score (nSPS) is 12.4. The van der Waals surface area contributed by atoms with Gasteiger partial charge in [0, 0.05) is 24.7 Å². The van der Waals surface area contributed by atoms with Crippen LogP contribution in [0.5, 0.6) is 0 Å². The summed E-state index contributed by atoms with van der Waals surface area (Å²) >= 11 is 0. The van der Waals surface area contributed by atoms with Crippen molar-refractivity contribution >= 4 is 11.7 Å². The third-order valence-corrected chi connectivity index (χ3v) is 2.58. The molecule has 1 aromatic carbocycles. The van der Waals surface area contributed by atoms with Crippen LogP contribution >= 0.6 is 0 Å². The minimum atomic E-state index is -1.20. The van der Waals surface area contributed by atoms with E-state index in [0.717, 1.165) is 0 Å². The van der Waals surface area contributed by atoms with Gasteiger partial charge >= 0.3 is 6.03 Å². The largest absolute Gasteiger partial charge is 0.392 e. The van der Waals surface area contributed by atoms with Gasteiger partial charge in [0.2, 0.25) is 0 Å². The molecule has 7 heteroatoms. The molecule has 1 aromatic rings. The molecular weight excluding hydrogens is 273 g/mol. The van der Waals surface area contributed by atoms with Gasteiger partial charge in [0.1, 0.15) is 11.5 Å². The maximum absolute atomic E-state index is 13.4. The van der Waals surface area contributed by atoms with Gasteiger partial charge in [0.05, 0.1) is 6.10 Å². The van der Waals surface area contributed by atoms with Crippen molar-refractivity contribution in [3.8, 4) is 0 Å². The van der Waals surface area contributed by atoms with Crippen LogP contribution in [0.1, 0.15) is 20.8 Å². The smallest absolute Gasteiger partial charge is 0.322 e. The molecule has 0 heterocycles. The molecule has 1 rings (SSSR count). The molecule has 0 saturated heterocycles. The van der Waals surface area contributed by atoms with E-state index >= 15 is 0 Å². The zero-order chi connectivity index (χ0) is 15.4. The number of anilines is 1. The van der Waals surface area contributed by atoms with Crippen molar-refractivity contribution in [2.45, 2.75) is 32.9 Å². The highest BCUT2D eigenvalue weighted by molar-refractivity contribution is 5.89. The number of halogens is 3. The lowest BCUT2D eigenvalue weighted by Crippen LogP contribution is -2.44. The van der Waals surface area contributed by atoms with Gasteiger partial charge in [-0.15, -0.1) is 0 Å². The summed E-state index contributed by atoms with van der Waals surface area (Å²) in [5, 5.41) is 11.4. The quantitative estimate of drug-likeness (QED) is 0.896. The van der Waals surface area contributed by atoms with Gasteiger partial charge in [-0.25, -0.2) is 18.0 Å². The Morgan fingerprint density at radius 3 is 2.15 bits per heavy atom. The molecule has 2 N–H and O–H groups in total. The van der Waals surface area contributed by atoms with E-state index in [1.165, 1.54) is 11.8 Å². The Bertz CT molecular complexity index is 469. The SMILES string of the molecule is CC(O)CN(C(=O)Nc1c(F)cc(F)cc1F)C(C)C. The Morgan fingerprint density at radius 1 is 1.25 bits per heavy atom. The highest BCUT2D eigenvalue weighted by Crippen LogP contribution is 2.21. The molecule has 1 atom stereocenters. The second-order valence-corrected chi connectivity index (χ2v) is 4.77. The van der Waals surface area contributed by atoms with E-state index in [1.54, 1.807) is 13.8 Å². The molecule has 0 aliphatic carbocycles. The van der Waals surface area contributed by atoms with Crippen LogP contribution in [-0.4, -0.2) is 34.7 Å². The second-order valence-electron chi connectivity index (χ2n) is 4.77. The number of nitrogens with zero attached hydrogens (tertiary/aromatic N) is 1. The molecule has 0 bridgehead atoms. The average Bonchev–Trinajstić information content (AvgIpc) is 2.29. The molecule has 2 amide bonds. The summed E-state index contributed by atoms with van der Waals surface area (Å²) in [7, 11) is 0. The Morgan fingerprint density at radius 2 is 1.75 bits per heavy atom. The lowest BCUT2D eigenvalue weighted by Gasteiger charge is -2.28. The fraction of sp³-hybridized carbons (Fsp3) is 0.462. The Kier molecular flexibility index (Phi) is 5.38. The summed E-state index contributed by atoms with van der Waals surface area (Å²) in [5.41, 5.74) is -0.715. The summed E-state index contributed by atoms with van der Waals surface area (Å²) in [6.07, 6.45) is -0.786. The lowest BCUT2D eigenvalue weighted by molar-refractivity contribution is 0.125. The monoisotopic (exact) mass is 290 g/mol. The third-order valence-electron chi connectivity index (χ3n) is 2.58. The van der Waals surface area contributed by atoms with E-state index in [9.17, 15) is 23.1 Å². The zero-order valence-corrected chi connectivity index (χ0v) is 11.5. The molecule has 1 unspecified atom stereocenters. The van der Waals surface area contributed by atoms with Gasteiger partial charge < -0.3 is 15.3 Å². The van der Waals surface area contributed by atoms with Crippen LogP contribution in [0.3, 0.4) is 0 Å². The number of benzene rings is 1. The van der Waals surface area contributed by atoms with E-state index in [1.807, 2.05) is 0 Å². The van der Waals surface area contributed by atoms with E-state index in [-0.39, 0.29) is 12.6 Å². The van der Waals surface area contributed by atoms with Crippen LogP contribution in [0, 0.1) is 17.5 Å². The van der Waals surface area contributed by atoms with Crippen molar-refractivity contribution in [1.82, 2.24) is 4.90 Å². The zero-order valence-electron chi connectivity index (χ0n) is 11.5. The molecule has 0 saturated carbocycles. The first kappa shape index (κ1) is 16.3. The molecule has 0 fully saturated rings. The number of aliphatic hydroxyl groups is 1. The summed E-state index contributed by atoms with van der Waals surface area (Å²) < 4.78 is 39.6. The first-order valence-electron chi connectivity index (χ1n) is 6.12. The lowest BCUT2D eigenvalue weighted by atomic mass is 10.2. The first-order chi connectivity index (χ1) is 9.22. The fourth-order valence-electron chi connectivity index (χ4n) is 1.65. The minimum absolute atomic E-state index is 0.00787. The van der Waals surface area contributed by atoms with Crippen molar-refractivity contribution in [1.29, 1.82) is 0 Å². The van der Waals surface area contributed by atoms with Crippen LogP contribution in [0.4, 0.5) is 23.7 Å². The summed E-state index contributed by atoms with van der Waals surface area (Å²) in [6, 6.07) is -0.0957. The van der Waals surface area contributed by atoms with Crippen LogP contribution < -0.4 is 5.32 Å². The average molecular weight is 290 g/mol. The number of carbonyl (C=O) groups excluding carboxylic acids is 1. The number of amides is 2. The second kappa shape index (κ2) is 6.60. The third kappa shape index (κ3) is 4.12. The topological polar surface area (TPSA) is 52.6 Å². The Labute approximate surface area is 115 Å². The number of carbonyl (C=O) groups is 1. The molecule has 0 aliphatic heterocycles. The van der Waals surface area contributed by atoms with Crippen LogP contribution in [0.2, 0.25) is 0 Å². The molecular formula is C13H17F3N2O2. The number of nitrogens with one attached hydrogen (secondary N) is 1. The van der Waals surface area contributed by atoms with Gasteiger partial charge in [-0.1, -0.05) is 0 Å². The van der Waals surface area contributed by atoms with Crippen LogP contribution in [0.15, 0.2) is 12.1 Å². The predicted molar refractivity (Wildman–Crippen MR) is 68.9 cm³/mol. The van der Waals surface area contributed by atoms with Gasteiger partial charge in [0.25, 0.3) is 0 Å². The minimum Gasteiger partial charge on any atom is -0.392 e. The predicted octanol–water partition coefficient (Wildman–Crippen LogP) is 2.73. The highest BCUT2D eigenvalue weighted by atomic mass is 19.1. The van der Waals surface area contributed by atoms with E-state index in [2.05, 4.69) is 5.32 Å². The maximum atomic E-state index is 13.4. The van der Waals surface area contributed by atoms with E-state index in [4.69, 9.17) is 0 Å². The standard InChI is InChI=1S/C13H17F3N2O2/c1-7(2)18(6-8(3)19)13(20)17-12-10(15)4-9(14)5-11(12)16/h4-5,7-8,19H,6H2,1-3H3,(H,17,20). The number of hydrogen-bond donors (Lipinski definition) is 2. The molecule has 0 aliphatic rings. The molecule has 112 valence electrons. The van der Waals surface area contributed by atoms with Crippen LogP contribution in [0.25, 0.3) is 0 Å². The van der Waals surface area contributed by atoms with Crippen molar-refractivity contribution in [2.75, 3.05) is 11.9 Å². The number of rotatable bonds is 4. The summed E-state index contributed by atoms with van der Waals surface area (Å²) in [5.74, 6) is -3.46.